The highest BCUT2D eigenvalue weighted by atomic mass is 79.9. The van der Waals surface area contributed by atoms with Crippen LogP contribution in [0.15, 0.2) is 34.9 Å². The molecule has 0 aliphatic carbocycles. The van der Waals surface area contributed by atoms with E-state index in [2.05, 4.69) is 34.8 Å². The highest BCUT2D eigenvalue weighted by Gasteiger charge is 2.24. The fourth-order valence-corrected chi connectivity index (χ4v) is 4.07. The van der Waals surface area contributed by atoms with Crippen molar-refractivity contribution < 1.29 is 13.9 Å². The number of hydrogen-bond donors (Lipinski definition) is 0. The third-order valence-electron chi connectivity index (χ3n) is 3.85. The zero-order chi connectivity index (χ0) is 18.1. The van der Waals surface area contributed by atoms with Gasteiger partial charge in [-0.1, -0.05) is 25.4 Å². The predicted molar refractivity (Wildman–Crippen MR) is 100 cm³/mol. The molecule has 0 unspecified atom stereocenters. The molecule has 0 N–H and O–H groups in total. The Balaban J connectivity index is 2.38. The molecule has 0 saturated heterocycles. The Labute approximate surface area is 158 Å². The van der Waals surface area contributed by atoms with Gasteiger partial charge in [-0.3, -0.25) is 0 Å². The van der Waals surface area contributed by atoms with Crippen LogP contribution in [-0.2, 0) is 4.74 Å². The van der Waals surface area contributed by atoms with Crippen molar-refractivity contribution in [1.82, 2.24) is 9.55 Å². The predicted octanol–water partition coefficient (Wildman–Crippen LogP) is 5.69. The molecule has 0 bridgehead atoms. The molecule has 0 amide bonds. The molecule has 25 heavy (non-hydrogen) atoms. The normalized spacial score (nSPS) is 11.5. The first-order valence-electron chi connectivity index (χ1n) is 7.71. The lowest BCUT2D eigenvalue weighted by atomic mass is 10.1. The molecule has 3 rings (SSSR count). The van der Waals surface area contributed by atoms with Crippen LogP contribution < -0.4 is 4.74 Å². The second-order valence-electron chi connectivity index (χ2n) is 5.85. The van der Waals surface area contributed by atoms with Crippen LogP contribution in [0.2, 0.25) is 5.15 Å². The summed E-state index contributed by atoms with van der Waals surface area (Å²) in [5, 5.41) is 1.15. The van der Waals surface area contributed by atoms with Crippen LogP contribution >= 0.6 is 27.5 Å². The molecular formula is C18H17BrClFN2O2. The van der Waals surface area contributed by atoms with Gasteiger partial charge in [0.1, 0.15) is 5.82 Å². The zero-order valence-electron chi connectivity index (χ0n) is 14.0. The Hall–Kier alpha value is -1.63. The molecule has 0 saturated carbocycles. The van der Waals surface area contributed by atoms with Crippen molar-refractivity contribution in [2.24, 2.45) is 0 Å². The number of hydrogen-bond acceptors (Lipinski definition) is 3. The molecule has 2 aromatic heterocycles. The SMILES string of the molecule is COCOc1cnc(Cl)c2c1c(Br)c(C(C)C)n2-c1ccc(F)cc1. The second kappa shape index (κ2) is 7.32. The fraction of sp³-hybridized carbons (Fsp3) is 0.278. The number of nitrogens with zero attached hydrogens (tertiary/aromatic N) is 2. The minimum absolute atomic E-state index is 0.101. The molecule has 7 heteroatoms. The summed E-state index contributed by atoms with van der Waals surface area (Å²) in [5.74, 6) is 0.452. The third-order valence-corrected chi connectivity index (χ3v) is 4.93. The van der Waals surface area contributed by atoms with E-state index in [-0.39, 0.29) is 18.5 Å². The molecule has 1 aromatic carbocycles. The van der Waals surface area contributed by atoms with Gasteiger partial charge in [-0.25, -0.2) is 9.37 Å². The number of fused-ring (bicyclic) bond motifs is 1. The Morgan fingerprint density at radius 3 is 2.56 bits per heavy atom. The Morgan fingerprint density at radius 1 is 1.28 bits per heavy atom. The average molecular weight is 428 g/mol. The molecule has 0 aliphatic rings. The highest BCUT2D eigenvalue weighted by Crippen LogP contribution is 2.43. The van der Waals surface area contributed by atoms with Gasteiger partial charge in [0.25, 0.3) is 0 Å². The number of methoxy groups -OCH3 is 1. The van der Waals surface area contributed by atoms with E-state index in [9.17, 15) is 4.39 Å². The first-order valence-corrected chi connectivity index (χ1v) is 8.88. The highest BCUT2D eigenvalue weighted by molar-refractivity contribution is 9.10. The van der Waals surface area contributed by atoms with Gasteiger partial charge < -0.3 is 14.0 Å². The molecule has 4 nitrogen and oxygen atoms in total. The van der Waals surface area contributed by atoms with Crippen molar-refractivity contribution in [2.75, 3.05) is 13.9 Å². The van der Waals surface area contributed by atoms with Crippen LogP contribution in [0, 0.1) is 5.82 Å². The maximum Gasteiger partial charge on any atom is 0.188 e. The summed E-state index contributed by atoms with van der Waals surface area (Å²) >= 11 is 10.1. The minimum Gasteiger partial charge on any atom is -0.465 e. The number of benzene rings is 1. The summed E-state index contributed by atoms with van der Waals surface area (Å²) in [4.78, 5) is 4.25. The first kappa shape index (κ1) is 18.2. The van der Waals surface area contributed by atoms with Crippen molar-refractivity contribution in [3.8, 4) is 11.4 Å². The summed E-state index contributed by atoms with van der Waals surface area (Å²) < 4.78 is 26.9. The lowest BCUT2D eigenvalue weighted by Crippen LogP contribution is -2.03. The molecular weight excluding hydrogens is 411 g/mol. The summed E-state index contributed by atoms with van der Waals surface area (Å²) in [7, 11) is 1.55. The number of ether oxygens (including phenoxy) is 2. The van der Waals surface area contributed by atoms with Crippen LogP contribution in [0.5, 0.6) is 5.75 Å². The van der Waals surface area contributed by atoms with E-state index >= 15 is 0 Å². The largest absolute Gasteiger partial charge is 0.465 e. The van der Waals surface area contributed by atoms with Crippen LogP contribution in [0.1, 0.15) is 25.5 Å². The smallest absolute Gasteiger partial charge is 0.188 e. The molecule has 2 heterocycles. The maximum atomic E-state index is 13.4. The van der Waals surface area contributed by atoms with Crippen molar-refractivity contribution in [3.05, 3.63) is 51.6 Å². The number of rotatable bonds is 5. The van der Waals surface area contributed by atoms with Crippen LogP contribution in [0.25, 0.3) is 16.6 Å². The van der Waals surface area contributed by atoms with E-state index in [1.807, 2.05) is 4.57 Å². The Bertz CT molecular complexity index is 910. The van der Waals surface area contributed by atoms with Gasteiger partial charge in [0.05, 0.1) is 21.6 Å². The summed E-state index contributed by atoms with van der Waals surface area (Å²) in [6, 6.07) is 6.27. The third kappa shape index (κ3) is 3.26. The fourth-order valence-electron chi connectivity index (χ4n) is 2.83. The Kier molecular flexibility index (Phi) is 5.32. The molecule has 0 aliphatic heterocycles. The van der Waals surface area contributed by atoms with Crippen LogP contribution in [-0.4, -0.2) is 23.5 Å². The summed E-state index contributed by atoms with van der Waals surface area (Å²) in [6.07, 6.45) is 1.58. The van der Waals surface area contributed by atoms with E-state index in [1.54, 1.807) is 25.4 Å². The molecule has 0 fully saturated rings. The van der Waals surface area contributed by atoms with Gasteiger partial charge in [0.15, 0.2) is 17.7 Å². The zero-order valence-corrected chi connectivity index (χ0v) is 16.4. The number of pyridine rings is 1. The topological polar surface area (TPSA) is 36.3 Å². The monoisotopic (exact) mass is 426 g/mol. The molecule has 0 spiro atoms. The van der Waals surface area contributed by atoms with Crippen molar-refractivity contribution >= 4 is 38.4 Å². The lowest BCUT2D eigenvalue weighted by molar-refractivity contribution is 0.0520. The average Bonchev–Trinajstić information content (AvgIpc) is 2.90. The molecule has 3 aromatic rings. The molecule has 132 valence electrons. The summed E-state index contributed by atoms with van der Waals surface area (Å²) in [6.45, 7) is 4.26. The quantitative estimate of drug-likeness (QED) is 0.388. The van der Waals surface area contributed by atoms with Crippen molar-refractivity contribution in [1.29, 1.82) is 0 Å². The van der Waals surface area contributed by atoms with Gasteiger partial charge in [0, 0.05) is 18.5 Å². The van der Waals surface area contributed by atoms with Crippen LogP contribution in [0.3, 0.4) is 0 Å². The number of aromatic nitrogens is 2. The van der Waals surface area contributed by atoms with Crippen LogP contribution in [0.4, 0.5) is 4.39 Å². The van der Waals surface area contributed by atoms with Gasteiger partial charge in [0.2, 0.25) is 0 Å². The van der Waals surface area contributed by atoms with Gasteiger partial charge in [-0.2, -0.15) is 0 Å². The minimum atomic E-state index is -0.293. The lowest BCUT2D eigenvalue weighted by Gasteiger charge is -2.14. The number of halogens is 3. The Morgan fingerprint density at radius 2 is 1.96 bits per heavy atom. The molecule has 0 atom stereocenters. The van der Waals surface area contributed by atoms with E-state index < -0.39 is 0 Å². The molecule has 0 radical (unpaired) electrons. The summed E-state index contributed by atoms with van der Waals surface area (Å²) in [5.41, 5.74) is 2.50. The second-order valence-corrected chi connectivity index (χ2v) is 7.00. The van der Waals surface area contributed by atoms with Gasteiger partial charge in [-0.05, 0) is 46.1 Å². The van der Waals surface area contributed by atoms with E-state index in [1.165, 1.54) is 12.1 Å². The van der Waals surface area contributed by atoms with Gasteiger partial charge in [-0.15, -0.1) is 0 Å². The van der Waals surface area contributed by atoms with Crippen molar-refractivity contribution in [3.63, 3.8) is 0 Å². The van der Waals surface area contributed by atoms with Crippen molar-refractivity contribution in [2.45, 2.75) is 19.8 Å². The maximum absolute atomic E-state index is 13.4. The van der Waals surface area contributed by atoms with E-state index in [0.717, 1.165) is 21.2 Å². The van der Waals surface area contributed by atoms with Gasteiger partial charge >= 0.3 is 0 Å². The van der Waals surface area contributed by atoms with E-state index in [4.69, 9.17) is 21.1 Å². The van der Waals surface area contributed by atoms with E-state index in [0.29, 0.717) is 16.4 Å². The first-order chi connectivity index (χ1) is 12.0. The standard InChI is InChI=1S/C18H17BrClFN2O2/c1-10(2)16-15(19)14-13(25-9-24-3)8-22-18(20)17(14)23(16)12-6-4-11(21)5-7-12/h4-8,10H,9H2,1-3H3.